The highest BCUT2D eigenvalue weighted by Crippen LogP contribution is 2.27. The molecule has 1 aromatic carbocycles. The molecule has 2 aromatic rings. The number of hydrogen-bond donors (Lipinski definition) is 1. The first kappa shape index (κ1) is 13.5. The molecule has 9 heteroatoms. The minimum Gasteiger partial charge on any atom is -0.320 e. The molecule has 1 N–H and O–H groups in total. The normalized spacial score (nSPS) is 10.4. The number of hydrogen-bond acceptors (Lipinski definition) is 4. The average molecular weight is 327 g/mol. The highest BCUT2D eigenvalue weighted by Gasteiger charge is 2.14. The fourth-order valence-electron chi connectivity index (χ4n) is 1.11. The van der Waals surface area contributed by atoms with E-state index in [9.17, 15) is 9.18 Å². The van der Waals surface area contributed by atoms with Gasteiger partial charge in [-0.15, -0.1) is 10.2 Å². The lowest BCUT2D eigenvalue weighted by Crippen LogP contribution is -2.11. The molecule has 0 saturated heterocycles. The van der Waals surface area contributed by atoms with E-state index < -0.39 is 11.7 Å². The van der Waals surface area contributed by atoms with Gasteiger partial charge in [-0.3, -0.25) is 4.79 Å². The van der Waals surface area contributed by atoms with Crippen LogP contribution in [0.2, 0.25) is 14.5 Å². The van der Waals surface area contributed by atoms with E-state index >= 15 is 0 Å². The van der Waals surface area contributed by atoms with Gasteiger partial charge >= 0.3 is 0 Å². The Morgan fingerprint density at radius 1 is 1.22 bits per heavy atom. The third-order valence-corrected chi connectivity index (χ3v) is 3.40. The molecule has 0 atom stereocenters. The van der Waals surface area contributed by atoms with Crippen LogP contribution in [0.4, 0.5) is 10.1 Å². The Morgan fingerprint density at radius 3 is 2.33 bits per heavy atom. The summed E-state index contributed by atoms with van der Waals surface area (Å²) in [5.74, 6) is -1.27. The summed E-state index contributed by atoms with van der Waals surface area (Å²) in [6.07, 6.45) is 0. The number of anilines is 1. The number of carbonyl (C=O) groups is 1. The van der Waals surface area contributed by atoms with E-state index in [2.05, 4.69) is 15.5 Å². The molecule has 18 heavy (non-hydrogen) atoms. The van der Waals surface area contributed by atoms with Gasteiger partial charge in [0.05, 0.1) is 10.0 Å². The van der Waals surface area contributed by atoms with E-state index in [1.807, 2.05) is 0 Å². The van der Waals surface area contributed by atoms with Gasteiger partial charge in [0, 0.05) is 5.69 Å². The Balaban J connectivity index is 2.22. The number of amides is 1. The van der Waals surface area contributed by atoms with Crippen molar-refractivity contribution >= 4 is 57.7 Å². The second-order valence-corrected chi connectivity index (χ2v) is 5.44. The first-order valence-electron chi connectivity index (χ1n) is 4.42. The minimum atomic E-state index is -0.740. The van der Waals surface area contributed by atoms with Crippen molar-refractivity contribution in [3.8, 4) is 0 Å². The van der Waals surface area contributed by atoms with Crippen molar-refractivity contribution in [2.24, 2.45) is 0 Å². The maximum absolute atomic E-state index is 13.2. The van der Waals surface area contributed by atoms with Gasteiger partial charge in [0.2, 0.25) is 9.47 Å². The molecule has 4 nitrogen and oxygen atoms in total. The van der Waals surface area contributed by atoms with Crippen molar-refractivity contribution in [3.05, 3.63) is 37.5 Å². The van der Waals surface area contributed by atoms with Crippen LogP contribution in [-0.4, -0.2) is 16.1 Å². The van der Waals surface area contributed by atoms with Crippen LogP contribution in [0.3, 0.4) is 0 Å². The highest BCUT2D eigenvalue weighted by molar-refractivity contribution is 7.17. The zero-order chi connectivity index (χ0) is 13.3. The maximum Gasteiger partial charge on any atom is 0.286 e. The van der Waals surface area contributed by atoms with Gasteiger partial charge in [0.1, 0.15) is 0 Å². The second-order valence-electron chi connectivity index (χ2n) is 3.07. The molecular formula is C9H3Cl3FN3OS. The Bertz CT molecular complexity index is 596. The van der Waals surface area contributed by atoms with Crippen LogP contribution < -0.4 is 5.32 Å². The summed E-state index contributed by atoms with van der Waals surface area (Å²) < 4.78 is 13.3. The number of rotatable bonds is 2. The van der Waals surface area contributed by atoms with E-state index in [-0.39, 0.29) is 25.2 Å². The molecular weight excluding hydrogens is 324 g/mol. The van der Waals surface area contributed by atoms with Crippen molar-refractivity contribution < 1.29 is 9.18 Å². The summed E-state index contributed by atoms with van der Waals surface area (Å²) in [5, 5.41) is 9.21. The molecule has 0 radical (unpaired) electrons. The Labute approximate surface area is 120 Å². The fraction of sp³-hybridized carbons (Fsp3) is 0. The largest absolute Gasteiger partial charge is 0.320 e. The topological polar surface area (TPSA) is 54.9 Å². The van der Waals surface area contributed by atoms with Crippen LogP contribution >= 0.6 is 46.1 Å². The van der Waals surface area contributed by atoms with Crippen LogP contribution in [0.5, 0.6) is 0 Å². The Kier molecular flexibility index (Phi) is 4.01. The third-order valence-electron chi connectivity index (χ3n) is 1.84. The number of aromatic nitrogens is 2. The molecule has 0 fully saturated rings. The van der Waals surface area contributed by atoms with Gasteiger partial charge in [-0.2, -0.15) is 0 Å². The molecule has 0 unspecified atom stereocenters. The van der Waals surface area contributed by atoms with Crippen LogP contribution in [0.25, 0.3) is 0 Å². The van der Waals surface area contributed by atoms with Crippen molar-refractivity contribution in [1.82, 2.24) is 10.2 Å². The molecule has 0 saturated carbocycles. The first-order valence-corrected chi connectivity index (χ1v) is 6.37. The number of benzene rings is 1. The van der Waals surface area contributed by atoms with Crippen molar-refractivity contribution in [3.63, 3.8) is 0 Å². The molecule has 2 rings (SSSR count). The van der Waals surface area contributed by atoms with Gasteiger partial charge in [0.15, 0.2) is 5.82 Å². The molecule has 1 heterocycles. The van der Waals surface area contributed by atoms with E-state index in [4.69, 9.17) is 34.8 Å². The van der Waals surface area contributed by atoms with E-state index in [1.54, 1.807) is 0 Å². The van der Waals surface area contributed by atoms with E-state index in [0.29, 0.717) is 0 Å². The lowest BCUT2D eigenvalue weighted by molar-refractivity contribution is 0.102. The predicted molar refractivity (Wildman–Crippen MR) is 69.3 cm³/mol. The second kappa shape index (κ2) is 5.36. The van der Waals surface area contributed by atoms with Crippen molar-refractivity contribution in [1.29, 1.82) is 0 Å². The minimum absolute atomic E-state index is 0.0802. The SMILES string of the molecule is O=C(Nc1cc(Cl)c(F)c(Cl)c1)c1nnc(Cl)s1. The number of nitrogens with zero attached hydrogens (tertiary/aromatic N) is 2. The third kappa shape index (κ3) is 2.89. The van der Waals surface area contributed by atoms with E-state index in [1.165, 1.54) is 12.1 Å². The highest BCUT2D eigenvalue weighted by atomic mass is 35.5. The lowest BCUT2D eigenvalue weighted by atomic mass is 10.3. The Morgan fingerprint density at radius 2 is 1.83 bits per heavy atom. The summed E-state index contributed by atoms with van der Waals surface area (Å²) in [4.78, 5) is 11.7. The van der Waals surface area contributed by atoms with Gasteiger partial charge in [-0.1, -0.05) is 34.5 Å². The Hall–Kier alpha value is -0.950. The van der Waals surface area contributed by atoms with Gasteiger partial charge in [-0.05, 0) is 23.7 Å². The van der Waals surface area contributed by atoms with Gasteiger partial charge in [-0.25, -0.2) is 4.39 Å². The predicted octanol–water partition coefficient (Wildman–Crippen LogP) is 3.89. The van der Waals surface area contributed by atoms with Crippen LogP contribution in [-0.2, 0) is 0 Å². The summed E-state index contributed by atoms with van der Waals surface area (Å²) >= 11 is 17.7. The fourth-order valence-corrected chi connectivity index (χ4v) is 2.32. The molecule has 1 aromatic heterocycles. The number of nitrogens with one attached hydrogen (secondary N) is 1. The monoisotopic (exact) mass is 325 g/mol. The van der Waals surface area contributed by atoms with Crippen LogP contribution in [0, 0.1) is 5.82 Å². The smallest absolute Gasteiger partial charge is 0.286 e. The summed E-state index contributed by atoms with van der Waals surface area (Å²) in [7, 11) is 0. The van der Waals surface area contributed by atoms with Crippen LogP contribution in [0.15, 0.2) is 12.1 Å². The lowest BCUT2D eigenvalue weighted by Gasteiger charge is -2.05. The molecule has 1 amide bonds. The molecule has 0 bridgehead atoms. The van der Waals surface area contributed by atoms with Gasteiger partial charge in [0.25, 0.3) is 5.91 Å². The summed E-state index contributed by atoms with van der Waals surface area (Å²) in [6.45, 7) is 0. The van der Waals surface area contributed by atoms with Crippen molar-refractivity contribution in [2.45, 2.75) is 0 Å². The molecule has 0 aliphatic heterocycles. The van der Waals surface area contributed by atoms with Crippen molar-refractivity contribution in [2.75, 3.05) is 5.32 Å². The molecule has 0 aliphatic carbocycles. The quantitative estimate of drug-likeness (QED) is 0.852. The van der Waals surface area contributed by atoms with E-state index in [0.717, 1.165) is 11.3 Å². The summed E-state index contributed by atoms with van der Waals surface area (Å²) in [6, 6.07) is 2.48. The molecule has 0 spiro atoms. The number of halogens is 4. The standard InChI is InChI=1S/C9H3Cl3FN3OS/c10-4-1-3(2-5(11)6(4)13)14-7(17)8-15-16-9(12)18-8/h1-2H,(H,14,17). The summed E-state index contributed by atoms with van der Waals surface area (Å²) in [5.41, 5.74) is 0.253. The average Bonchev–Trinajstić information content (AvgIpc) is 2.72. The van der Waals surface area contributed by atoms with Gasteiger partial charge < -0.3 is 5.32 Å². The molecule has 94 valence electrons. The zero-order valence-electron chi connectivity index (χ0n) is 8.38. The zero-order valence-corrected chi connectivity index (χ0v) is 11.5. The molecule has 0 aliphatic rings. The number of carbonyl (C=O) groups excluding carboxylic acids is 1. The first-order chi connectivity index (χ1) is 8.47. The van der Waals surface area contributed by atoms with Crippen LogP contribution in [0.1, 0.15) is 9.80 Å². The maximum atomic E-state index is 13.2.